The van der Waals surface area contributed by atoms with E-state index in [1.54, 1.807) is 25.4 Å². The van der Waals surface area contributed by atoms with E-state index in [1.807, 2.05) is 28.8 Å². The molecule has 1 aliphatic rings. The first-order valence-corrected chi connectivity index (χ1v) is 8.54. The van der Waals surface area contributed by atoms with Gasteiger partial charge in [-0.1, -0.05) is 12.1 Å². The number of hydrogen-bond donors (Lipinski definition) is 1. The first kappa shape index (κ1) is 17.4. The molecule has 1 unspecified atom stereocenters. The maximum atomic E-state index is 12.8. The molecule has 134 valence electrons. The van der Waals surface area contributed by atoms with Gasteiger partial charge in [-0.2, -0.15) is 0 Å². The van der Waals surface area contributed by atoms with Crippen LogP contribution in [0.15, 0.2) is 30.6 Å². The summed E-state index contributed by atoms with van der Waals surface area (Å²) in [5, 5.41) is 2.68. The van der Waals surface area contributed by atoms with Gasteiger partial charge >= 0.3 is 0 Å². The number of aromatic nitrogens is 2. The molecular formula is C18H24N4O3. The van der Waals surface area contributed by atoms with Crippen molar-refractivity contribution in [3.05, 3.63) is 30.6 Å². The summed E-state index contributed by atoms with van der Waals surface area (Å²) in [6, 6.07) is 7.83. The average molecular weight is 344 g/mol. The van der Waals surface area contributed by atoms with Gasteiger partial charge in [-0.25, -0.2) is 4.98 Å². The van der Waals surface area contributed by atoms with E-state index in [9.17, 15) is 9.59 Å². The minimum Gasteiger partial charge on any atom is -0.382 e. The van der Waals surface area contributed by atoms with Crippen LogP contribution in [-0.4, -0.2) is 59.1 Å². The summed E-state index contributed by atoms with van der Waals surface area (Å²) in [5.74, 6) is -0.191. The molecule has 2 aromatic rings. The van der Waals surface area contributed by atoms with Gasteiger partial charge in [0, 0.05) is 33.7 Å². The number of benzene rings is 1. The first-order chi connectivity index (χ1) is 12.1. The van der Waals surface area contributed by atoms with Crippen molar-refractivity contribution in [2.45, 2.75) is 31.3 Å². The highest BCUT2D eigenvalue weighted by Crippen LogP contribution is 2.31. The number of aryl methyl sites for hydroxylation is 1. The van der Waals surface area contributed by atoms with E-state index in [0.29, 0.717) is 25.9 Å². The number of nitrogens with one attached hydrogen (secondary N) is 1. The van der Waals surface area contributed by atoms with Crippen molar-refractivity contribution >= 4 is 22.8 Å². The average Bonchev–Trinajstić information content (AvgIpc) is 3.24. The van der Waals surface area contributed by atoms with E-state index >= 15 is 0 Å². The van der Waals surface area contributed by atoms with Crippen LogP contribution in [0.3, 0.4) is 0 Å². The molecular weight excluding hydrogens is 320 g/mol. The Morgan fingerprint density at radius 2 is 2.16 bits per heavy atom. The van der Waals surface area contributed by atoms with Crippen LogP contribution in [0.5, 0.6) is 0 Å². The molecule has 1 fully saturated rings. The smallest absolute Gasteiger partial charge is 0.248 e. The van der Waals surface area contributed by atoms with Gasteiger partial charge in [0.2, 0.25) is 11.8 Å². The molecule has 0 saturated carbocycles. The largest absolute Gasteiger partial charge is 0.382 e. The molecule has 1 N–H and O–H groups in total. The highest BCUT2D eigenvalue weighted by Gasteiger charge is 2.49. The van der Waals surface area contributed by atoms with Crippen LogP contribution < -0.4 is 5.32 Å². The predicted molar refractivity (Wildman–Crippen MR) is 94.0 cm³/mol. The topological polar surface area (TPSA) is 76.5 Å². The Labute approximate surface area is 147 Å². The maximum absolute atomic E-state index is 12.8. The number of likely N-dealkylation sites (tertiary alicyclic amines) is 1. The van der Waals surface area contributed by atoms with Crippen LogP contribution in [-0.2, 0) is 20.9 Å². The van der Waals surface area contributed by atoms with Crippen LogP contribution in [0, 0.1) is 0 Å². The van der Waals surface area contributed by atoms with Crippen molar-refractivity contribution < 1.29 is 14.3 Å². The second-order valence-electron chi connectivity index (χ2n) is 6.37. The number of likely N-dealkylation sites (N-methyl/N-ethyl adjacent to an activating group) is 1. The molecule has 1 aromatic heterocycles. The van der Waals surface area contributed by atoms with Gasteiger partial charge in [-0.3, -0.25) is 9.59 Å². The summed E-state index contributed by atoms with van der Waals surface area (Å²) >= 11 is 0. The summed E-state index contributed by atoms with van der Waals surface area (Å²) < 4.78 is 7.24. The van der Waals surface area contributed by atoms with Gasteiger partial charge < -0.3 is 19.5 Å². The number of imidazole rings is 1. The Balaban J connectivity index is 1.74. The Morgan fingerprint density at radius 1 is 1.36 bits per heavy atom. The number of fused-ring (bicyclic) bond motifs is 1. The summed E-state index contributed by atoms with van der Waals surface area (Å²) in [7, 11) is 3.15. The van der Waals surface area contributed by atoms with Gasteiger partial charge in [0.15, 0.2) is 0 Å². The Bertz CT molecular complexity index is 773. The molecule has 2 amide bonds. The zero-order valence-corrected chi connectivity index (χ0v) is 14.7. The number of para-hydroxylation sites is 2. The second-order valence-corrected chi connectivity index (χ2v) is 6.37. The third kappa shape index (κ3) is 3.11. The highest BCUT2D eigenvalue weighted by molar-refractivity contribution is 5.92. The number of methoxy groups -OCH3 is 1. The fourth-order valence-corrected chi connectivity index (χ4v) is 3.70. The quantitative estimate of drug-likeness (QED) is 0.854. The third-order valence-electron chi connectivity index (χ3n) is 4.92. The van der Waals surface area contributed by atoms with Gasteiger partial charge in [0.05, 0.1) is 24.0 Å². The van der Waals surface area contributed by atoms with E-state index < -0.39 is 5.54 Å². The SMILES string of the molecule is CNC(=O)C1(COC)CCCN1C(=O)CCn1cnc2ccccc21. The maximum Gasteiger partial charge on any atom is 0.248 e. The molecule has 3 rings (SSSR count). The molecule has 0 bridgehead atoms. The van der Waals surface area contributed by atoms with Gasteiger partial charge in [0.1, 0.15) is 5.54 Å². The lowest BCUT2D eigenvalue weighted by atomic mass is 9.95. The van der Waals surface area contributed by atoms with Crippen LogP contribution in [0.25, 0.3) is 11.0 Å². The third-order valence-corrected chi connectivity index (χ3v) is 4.92. The molecule has 0 radical (unpaired) electrons. The van der Waals surface area contributed by atoms with Crippen molar-refractivity contribution in [3.8, 4) is 0 Å². The number of carbonyl (C=O) groups is 2. The summed E-state index contributed by atoms with van der Waals surface area (Å²) in [6.45, 7) is 1.33. The fourth-order valence-electron chi connectivity index (χ4n) is 3.70. The van der Waals surface area contributed by atoms with Crippen molar-refractivity contribution in [1.29, 1.82) is 0 Å². The van der Waals surface area contributed by atoms with E-state index in [-0.39, 0.29) is 18.4 Å². The summed E-state index contributed by atoms with van der Waals surface area (Å²) in [4.78, 5) is 31.3. The lowest BCUT2D eigenvalue weighted by Gasteiger charge is -2.36. The number of rotatable bonds is 6. The monoisotopic (exact) mass is 344 g/mol. The van der Waals surface area contributed by atoms with Crippen LogP contribution in [0.1, 0.15) is 19.3 Å². The van der Waals surface area contributed by atoms with E-state index in [0.717, 1.165) is 17.5 Å². The van der Waals surface area contributed by atoms with Crippen molar-refractivity contribution in [3.63, 3.8) is 0 Å². The predicted octanol–water partition coefficient (Wildman–Crippen LogP) is 1.18. The lowest BCUT2D eigenvalue weighted by molar-refractivity contribution is -0.148. The number of hydrogen-bond acceptors (Lipinski definition) is 4. The minimum absolute atomic E-state index is 0.0315. The highest BCUT2D eigenvalue weighted by atomic mass is 16.5. The molecule has 0 spiro atoms. The molecule has 7 nitrogen and oxygen atoms in total. The zero-order chi connectivity index (χ0) is 17.9. The lowest BCUT2D eigenvalue weighted by Crippen LogP contribution is -2.59. The van der Waals surface area contributed by atoms with Gasteiger partial charge in [-0.15, -0.1) is 0 Å². The van der Waals surface area contributed by atoms with Crippen molar-refractivity contribution in [2.75, 3.05) is 27.3 Å². The first-order valence-electron chi connectivity index (χ1n) is 8.54. The number of nitrogens with zero attached hydrogens (tertiary/aromatic N) is 3. The van der Waals surface area contributed by atoms with E-state index in [4.69, 9.17) is 4.74 Å². The summed E-state index contributed by atoms with van der Waals surface area (Å²) in [6.07, 6.45) is 3.50. The molecule has 1 saturated heterocycles. The second kappa shape index (κ2) is 7.23. The molecule has 7 heteroatoms. The minimum atomic E-state index is -0.891. The van der Waals surface area contributed by atoms with Crippen LogP contribution in [0.2, 0.25) is 0 Å². The molecule has 0 aliphatic carbocycles. The van der Waals surface area contributed by atoms with Gasteiger partial charge in [0.25, 0.3) is 0 Å². The molecule has 1 aromatic carbocycles. The van der Waals surface area contributed by atoms with Crippen molar-refractivity contribution in [1.82, 2.24) is 19.8 Å². The molecule has 2 heterocycles. The number of ether oxygens (including phenoxy) is 1. The molecule has 25 heavy (non-hydrogen) atoms. The molecule has 1 atom stereocenters. The normalized spacial score (nSPS) is 20.2. The molecule has 1 aliphatic heterocycles. The zero-order valence-electron chi connectivity index (χ0n) is 14.7. The van der Waals surface area contributed by atoms with E-state index in [2.05, 4.69) is 10.3 Å². The summed E-state index contributed by atoms with van der Waals surface area (Å²) in [5.41, 5.74) is 1.03. The Hall–Kier alpha value is -2.41. The fraction of sp³-hybridized carbons (Fsp3) is 0.500. The van der Waals surface area contributed by atoms with E-state index in [1.165, 1.54) is 0 Å². The Morgan fingerprint density at radius 3 is 2.92 bits per heavy atom. The van der Waals surface area contributed by atoms with Gasteiger partial charge in [-0.05, 0) is 25.0 Å². The van der Waals surface area contributed by atoms with Crippen LogP contribution in [0.4, 0.5) is 0 Å². The standard InChI is InChI=1S/C18H24N4O3/c1-19-17(24)18(12-25-2)9-5-10-22(18)16(23)8-11-21-13-20-14-6-3-4-7-15(14)21/h3-4,6-7,13H,5,8-12H2,1-2H3,(H,19,24). The van der Waals surface area contributed by atoms with Crippen LogP contribution >= 0.6 is 0 Å². The Kier molecular flexibility index (Phi) is 5.03. The number of carbonyl (C=O) groups excluding carboxylic acids is 2. The number of amides is 2. The van der Waals surface area contributed by atoms with Crippen molar-refractivity contribution in [2.24, 2.45) is 0 Å².